The minimum atomic E-state index is -6.05. The second-order valence-corrected chi connectivity index (χ2v) is 2.93. The number of Topliss-reactive ketones (excluding diaryl/α,β-unsaturated/α-hetero) is 1. The smallest absolute Gasteiger partial charge is 0.283 e. The third-order valence-electron chi connectivity index (χ3n) is 1.46. The zero-order valence-corrected chi connectivity index (χ0v) is 9.36. The van der Waals surface area contributed by atoms with Gasteiger partial charge in [-0.1, -0.05) is 0 Å². The van der Waals surface area contributed by atoms with Crippen molar-refractivity contribution in [2.75, 3.05) is 6.67 Å². The quantitative estimate of drug-likeness (QED) is 0.324. The van der Waals surface area contributed by atoms with Crippen molar-refractivity contribution < 1.29 is 61.4 Å². The standard InChI is InChI=1S/C7H4F9NO.Cu/c8-2-5(10,11)17-1-3(9)6(12,13)4(18)7(14,15)16;/h1,3H,2H2;. The van der Waals surface area contributed by atoms with Crippen LogP contribution in [0.2, 0.25) is 0 Å². The Morgan fingerprint density at radius 1 is 1.11 bits per heavy atom. The van der Waals surface area contributed by atoms with E-state index in [2.05, 4.69) is 0 Å². The number of aliphatic imine (C=N–C) groups is 1. The van der Waals surface area contributed by atoms with Crippen molar-refractivity contribution in [3.8, 4) is 0 Å². The van der Waals surface area contributed by atoms with Crippen LogP contribution >= 0.6 is 0 Å². The van der Waals surface area contributed by atoms with E-state index in [0.717, 1.165) is 0 Å². The van der Waals surface area contributed by atoms with Crippen LogP contribution in [0.4, 0.5) is 39.5 Å². The molecule has 1 unspecified atom stereocenters. The predicted molar refractivity (Wildman–Crippen MR) is 40.3 cm³/mol. The molecule has 0 aromatic heterocycles. The molecule has 0 aliphatic carbocycles. The van der Waals surface area contributed by atoms with Gasteiger partial charge in [0.1, 0.15) is 0 Å². The van der Waals surface area contributed by atoms with E-state index in [-0.39, 0.29) is 17.1 Å². The zero-order valence-electron chi connectivity index (χ0n) is 8.42. The van der Waals surface area contributed by atoms with Crippen molar-refractivity contribution in [2.24, 2.45) is 4.99 Å². The summed E-state index contributed by atoms with van der Waals surface area (Å²) in [7, 11) is 0. The first kappa shape index (κ1) is 20.5. The van der Waals surface area contributed by atoms with E-state index in [1.54, 1.807) is 4.99 Å². The summed E-state index contributed by atoms with van der Waals surface area (Å²) in [6.07, 6.45) is -11.0. The third kappa shape index (κ3) is 5.81. The van der Waals surface area contributed by atoms with Crippen LogP contribution in [0.3, 0.4) is 0 Å². The summed E-state index contributed by atoms with van der Waals surface area (Å²) < 4.78 is 108. The van der Waals surface area contributed by atoms with E-state index in [9.17, 15) is 44.3 Å². The topological polar surface area (TPSA) is 29.4 Å². The second-order valence-electron chi connectivity index (χ2n) is 2.93. The van der Waals surface area contributed by atoms with Gasteiger partial charge in [0.2, 0.25) is 6.17 Å². The molecule has 0 aliphatic rings. The molecule has 19 heavy (non-hydrogen) atoms. The molecular formula is C7H4CuF9NO. The molecule has 0 bridgehead atoms. The molecule has 0 aromatic rings. The number of hydrogen-bond acceptors (Lipinski definition) is 2. The Morgan fingerprint density at radius 3 is 1.84 bits per heavy atom. The number of carbonyl (C=O) groups excluding carboxylic acids is 1. The molecule has 0 aromatic carbocycles. The molecule has 12 heteroatoms. The second kappa shape index (κ2) is 6.60. The molecule has 0 aliphatic heterocycles. The van der Waals surface area contributed by atoms with E-state index in [4.69, 9.17) is 0 Å². The number of halogens is 9. The Hall–Kier alpha value is -0.771. The van der Waals surface area contributed by atoms with Gasteiger partial charge >= 0.3 is 23.9 Å². The van der Waals surface area contributed by atoms with E-state index in [0.29, 0.717) is 0 Å². The van der Waals surface area contributed by atoms with E-state index < -0.39 is 43.0 Å². The van der Waals surface area contributed by atoms with Crippen molar-refractivity contribution in [3.05, 3.63) is 0 Å². The van der Waals surface area contributed by atoms with Gasteiger partial charge in [0, 0.05) is 23.3 Å². The van der Waals surface area contributed by atoms with Crippen molar-refractivity contribution in [1.82, 2.24) is 0 Å². The van der Waals surface area contributed by atoms with Crippen molar-refractivity contribution >= 4 is 12.0 Å². The molecule has 0 N–H and O–H groups in total. The van der Waals surface area contributed by atoms with Crippen LogP contribution in [0.25, 0.3) is 0 Å². The van der Waals surface area contributed by atoms with Gasteiger partial charge in [0.05, 0.1) is 0 Å². The molecule has 1 atom stereocenters. The average molecular weight is 353 g/mol. The Kier molecular flexibility index (Phi) is 7.13. The van der Waals surface area contributed by atoms with Gasteiger partial charge < -0.3 is 0 Å². The largest absolute Gasteiger partial charge is 0.456 e. The van der Waals surface area contributed by atoms with Crippen LogP contribution in [0.1, 0.15) is 0 Å². The Bertz CT molecular complexity index is 340. The number of carbonyl (C=O) groups is 1. The third-order valence-corrected chi connectivity index (χ3v) is 1.46. The summed E-state index contributed by atoms with van der Waals surface area (Å²) in [5, 5.41) is 0. The van der Waals surface area contributed by atoms with Gasteiger partial charge in [0.25, 0.3) is 0 Å². The van der Waals surface area contributed by atoms with Gasteiger partial charge in [0.15, 0.2) is 6.67 Å². The number of rotatable bonds is 5. The fraction of sp³-hybridized carbons (Fsp3) is 0.714. The maximum Gasteiger partial charge on any atom is 0.456 e. The molecule has 0 rings (SSSR count). The van der Waals surface area contributed by atoms with Crippen LogP contribution in [0.15, 0.2) is 4.99 Å². The molecule has 1 radical (unpaired) electrons. The molecule has 0 heterocycles. The molecule has 117 valence electrons. The summed E-state index contributed by atoms with van der Waals surface area (Å²) in [6.45, 7) is -2.46. The Labute approximate surface area is 110 Å². The van der Waals surface area contributed by atoms with Crippen molar-refractivity contribution in [1.29, 1.82) is 0 Å². The average Bonchev–Trinajstić information content (AvgIpc) is 2.23. The van der Waals surface area contributed by atoms with Gasteiger partial charge in [-0.2, -0.15) is 30.7 Å². The van der Waals surface area contributed by atoms with Crippen LogP contribution in [0.5, 0.6) is 0 Å². The molecule has 0 saturated carbocycles. The summed E-state index contributed by atoms with van der Waals surface area (Å²) in [4.78, 5) is 11.8. The number of nitrogens with zero attached hydrogens (tertiary/aromatic N) is 1. The Balaban J connectivity index is 0. The summed E-state index contributed by atoms with van der Waals surface area (Å²) in [5.74, 6) is -9.37. The SMILES string of the molecule is O=C(C(F)(F)F)C(F)(F)C(F)C=NC(F)(F)CF.[Cu]. The maximum atomic E-state index is 12.6. The predicted octanol–water partition coefficient (Wildman–Crippen LogP) is 2.72. The molecule has 0 amide bonds. The molecule has 0 saturated heterocycles. The van der Waals surface area contributed by atoms with Crippen molar-refractivity contribution in [3.63, 3.8) is 0 Å². The first-order chi connectivity index (χ1) is 7.84. The van der Waals surface area contributed by atoms with E-state index in [1.807, 2.05) is 0 Å². The van der Waals surface area contributed by atoms with Gasteiger partial charge in [-0.05, 0) is 0 Å². The van der Waals surface area contributed by atoms with E-state index >= 15 is 0 Å². The minimum Gasteiger partial charge on any atom is -0.283 e. The normalized spacial score (nSPS) is 15.2. The van der Waals surface area contributed by atoms with E-state index in [1.165, 1.54) is 0 Å². The van der Waals surface area contributed by atoms with Crippen LogP contribution < -0.4 is 0 Å². The van der Waals surface area contributed by atoms with Crippen molar-refractivity contribution in [2.45, 2.75) is 24.3 Å². The van der Waals surface area contributed by atoms with Crippen LogP contribution in [-0.2, 0) is 21.9 Å². The monoisotopic (exact) mass is 352 g/mol. The first-order valence-electron chi connectivity index (χ1n) is 3.97. The minimum absolute atomic E-state index is 0. The maximum absolute atomic E-state index is 12.6. The molecule has 0 spiro atoms. The molecule has 2 nitrogen and oxygen atoms in total. The fourth-order valence-electron chi connectivity index (χ4n) is 0.617. The van der Waals surface area contributed by atoms with Gasteiger partial charge in [-0.3, -0.25) is 4.79 Å². The number of ketones is 1. The number of alkyl halides is 9. The van der Waals surface area contributed by atoms with Crippen LogP contribution in [-0.4, -0.2) is 43.0 Å². The summed E-state index contributed by atoms with van der Waals surface area (Å²) >= 11 is 0. The molecular weight excluding hydrogens is 349 g/mol. The van der Waals surface area contributed by atoms with Crippen LogP contribution in [0, 0.1) is 0 Å². The molecule has 0 fully saturated rings. The zero-order chi connectivity index (χ0) is 14.8. The summed E-state index contributed by atoms with van der Waals surface area (Å²) in [5.41, 5.74) is 0. The number of hydrogen-bond donors (Lipinski definition) is 0. The van der Waals surface area contributed by atoms with Gasteiger partial charge in [-0.25, -0.2) is 13.8 Å². The summed E-state index contributed by atoms with van der Waals surface area (Å²) in [6, 6.07) is -4.55. The first-order valence-corrected chi connectivity index (χ1v) is 3.97. The Morgan fingerprint density at radius 2 is 1.53 bits per heavy atom. The fourth-order valence-corrected chi connectivity index (χ4v) is 0.617. The van der Waals surface area contributed by atoms with Gasteiger partial charge in [-0.15, -0.1) is 0 Å².